The lowest BCUT2D eigenvalue weighted by Crippen LogP contribution is -3.12. The highest BCUT2D eigenvalue weighted by atomic mass is 31.2. The number of phosphoric ester groups is 2. The van der Waals surface area contributed by atoms with Crippen molar-refractivity contribution in [2.75, 3.05) is 65.7 Å². The molecule has 10 nitrogen and oxygen atoms in total. The lowest BCUT2D eigenvalue weighted by molar-refractivity contribution is -0.900. The summed E-state index contributed by atoms with van der Waals surface area (Å²) in [5.74, 6) is 1.37. The van der Waals surface area contributed by atoms with Gasteiger partial charge in [0.1, 0.15) is 0 Å². The molecule has 0 fully saturated rings. The number of nitrogens with one attached hydrogen (secondary N) is 1. The van der Waals surface area contributed by atoms with Gasteiger partial charge in [0.15, 0.2) is 0 Å². The topological polar surface area (TPSA) is 119 Å². The molecular weight excluding hydrogens is 1180 g/mol. The van der Waals surface area contributed by atoms with E-state index in [1.165, 1.54) is 270 Å². The number of hydrogen-bond acceptors (Lipinski definition) is 7. The molecule has 560 valence electrons. The molecule has 0 aliphatic heterocycles. The largest absolute Gasteiger partial charge is 0.472 e. The summed E-state index contributed by atoms with van der Waals surface area (Å²) < 4.78 is 44.5. The Labute approximate surface area is 579 Å². The van der Waals surface area contributed by atoms with Crippen LogP contribution in [0.2, 0.25) is 0 Å². The van der Waals surface area contributed by atoms with Crippen LogP contribution in [0.4, 0.5) is 0 Å². The van der Waals surface area contributed by atoms with E-state index in [-0.39, 0.29) is 0 Å². The number of phosphoric acid groups is 2. The van der Waals surface area contributed by atoms with E-state index >= 15 is 0 Å². The summed E-state index contributed by atoms with van der Waals surface area (Å²) in [5.41, 5.74) is 0. The fourth-order valence-corrected chi connectivity index (χ4v) is 13.7. The van der Waals surface area contributed by atoms with Crippen molar-refractivity contribution in [2.24, 2.45) is 23.7 Å². The van der Waals surface area contributed by atoms with Crippen LogP contribution in [-0.2, 0) is 27.2 Å². The van der Waals surface area contributed by atoms with Crippen molar-refractivity contribution in [1.29, 1.82) is 0 Å². The summed E-state index contributed by atoms with van der Waals surface area (Å²) in [7, 11) is -7.78. The number of quaternary nitrogens is 1. The van der Waals surface area contributed by atoms with E-state index < -0.39 is 15.6 Å². The van der Waals surface area contributed by atoms with Crippen molar-refractivity contribution in [3.8, 4) is 0 Å². The molecule has 0 radical (unpaired) electrons. The molecule has 0 spiro atoms. The molecule has 0 aromatic heterocycles. The van der Waals surface area contributed by atoms with Gasteiger partial charge < -0.3 is 19.6 Å². The van der Waals surface area contributed by atoms with Crippen molar-refractivity contribution in [3.63, 3.8) is 0 Å². The highest BCUT2D eigenvalue weighted by Gasteiger charge is 2.26. The van der Waals surface area contributed by atoms with E-state index in [4.69, 9.17) is 18.1 Å². The predicted octanol–water partition coefficient (Wildman–Crippen LogP) is 26.4. The van der Waals surface area contributed by atoms with Gasteiger partial charge in [0.05, 0.1) is 46.1 Å². The standard InChI is InChI=1S/2C24H51N.2C16H35O4P/c2*1-4-7-10-13-16-19-22-25(23-20-17-14-11-8-5-2)24-21-18-15-12-9-6-3;2*1-5-9-11-15(7-3)13-19-21(17,18)20-14-16(8-4)12-10-6-2/h2*4-24H2,1-3H3;2*15-16H,5-14H2,1-4H3,(H,17,18)/p+1. The summed E-state index contributed by atoms with van der Waals surface area (Å²) in [4.78, 5) is 24.2. The maximum Gasteiger partial charge on any atom is 0.472 e. The number of nitrogens with zero attached hydrogens (tertiary/aromatic N) is 1. The first kappa shape index (κ1) is 98.5. The molecule has 0 aliphatic carbocycles. The van der Waals surface area contributed by atoms with E-state index in [9.17, 15) is 18.9 Å². The van der Waals surface area contributed by atoms with Gasteiger partial charge in [-0.2, -0.15) is 0 Å². The Kier molecular flexibility index (Phi) is 85.8. The Hall–Kier alpha value is 0.140. The van der Waals surface area contributed by atoms with Gasteiger partial charge >= 0.3 is 15.6 Å². The second-order valence-corrected chi connectivity index (χ2v) is 31.1. The first-order valence-corrected chi connectivity index (χ1v) is 44.4. The first-order valence-electron chi connectivity index (χ1n) is 41.5. The van der Waals surface area contributed by atoms with Gasteiger partial charge in [0.25, 0.3) is 0 Å². The Morgan fingerprint density at radius 1 is 0.261 bits per heavy atom. The van der Waals surface area contributed by atoms with Crippen LogP contribution < -0.4 is 4.90 Å². The second-order valence-electron chi connectivity index (χ2n) is 28.2. The van der Waals surface area contributed by atoms with E-state index in [1.54, 1.807) is 0 Å². The maximum absolute atomic E-state index is 11.9. The second kappa shape index (κ2) is 80.1. The van der Waals surface area contributed by atoms with Crippen molar-refractivity contribution < 1.29 is 41.9 Å². The SMILES string of the molecule is CCCCC(CC)COP(=O)(O)OCC(CC)CCCC.CCCCC(CC)COP(=O)(O)OCC(CC)CCCC.CCCCCCCCN(CCCCCCCC)CCCCCCCC.CCCCCCCC[NH+](CCCCCCCC)CCCCCCCC. The average Bonchev–Trinajstić information content (AvgIpc) is 3.29. The summed E-state index contributed by atoms with van der Waals surface area (Å²) in [6, 6.07) is 0. The number of hydrogen-bond donors (Lipinski definition) is 3. The van der Waals surface area contributed by atoms with Crippen LogP contribution in [0.15, 0.2) is 0 Å². The van der Waals surface area contributed by atoms with Gasteiger partial charge in [-0.15, -0.1) is 0 Å². The van der Waals surface area contributed by atoms with Crippen LogP contribution in [0.3, 0.4) is 0 Å². The van der Waals surface area contributed by atoms with Gasteiger partial charge in [0, 0.05) is 0 Å². The molecule has 3 N–H and O–H groups in total. The predicted molar refractivity (Wildman–Crippen MR) is 409 cm³/mol. The Bertz CT molecular complexity index is 1220. The summed E-state index contributed by atoms with van der Waals surface area (Å²) in [6.45, 7) is 40.5. The third-order valence-corrected chi connectivity index (χ3v) is 21.1. The molecular formula is C80H173N2O8P2+. The van der Waals surface area contributed by atoms with E-state index in [2.05, 4.69) is 102 Å². The molecule has 4 unspecified atom stereocenters. The Morgan fingerprint density at radius 2 is 0.435 bits per heavy atom. The Balaban J connectivity index is -0.000000563. The van der Waals surface area contributed by atoms with Crippen LogP contribution in [0.1, 0.15) is 431 Å². The lowest BCUT2D eigenvalue weighted by Gasteiger charge is -2.22. The van der Waals surface area contributed by atoms with E-state index in [0.29, 0.717) is 50.1 Å². The molecule has 0 heterocycles. The van der Waals surface area contributed by atoms with Crippen molar-refractivity contribution >= 4 is 15.6 Å². The van der Waals surface area contributed by atoms with Crippen LogP contribution in [0.25, 0.3) is 0 Å². The molecule has 0 aromatic rings. The summed E-state index contributed by atoms with van der Waals surface area (Å²) in [6.07, 6.45) is 68.8. The van der Waals surface area contributed by atoms with Crippen LogP contribution in [0.5, 0.6) is 0 Å². The number of unbranched alkanes of at least 4 members (excludes halogenated alkanes) is 34. The molecule has 12 heteroatoms. The summed E-state index contributed by atoms with van der Waals surface area (Å²) >= 11 is 0. The molecule has 0 aliphatic rings. The molecule has 0 rings (SSSR count). The average molecular weight is 1350 g/mol. The van der Waals surface area contributed by atoms with Crippen molar-refractivity contribution in [1.82, 2.24) is 4.90 Å². The molecule has 0 saturated carbocycles. The highest BCUT2D eigenvalue weighted by Crippen LogP contribution is 2.46. The van der Waals surface area contributed by atoms with Gasteiger partial charge in [-0.05, 0) is 127 Å². The minimum Gasteiger partial charge on any atom is -0.335 e. The molecule has 0 saturated heterocycles. The highest BCUT2D eigenvalue weighted by molar-refractivity contribution is 7.47. The minimum absolute atomic E-state index is 0.316. The van der Waals surface area contributed by atoms with Crippen molar-refractivity contribution in [3.05, 3.63) is 0 Å². The van der Waals surface area contributed by atoms with E-state index in [0.717, 1.165) is 103 Å². The van der Waals surface area contributed by atoms with Gasteiger partial charge in [-0.1, -0.05) is 347 Å². The lowest BCUT2D eigenvalue weighted by atomic mass is 10.0. The van der Waals surface area contributed by atoms with Crippen LogP contribution >= 0.6 is 15.6 Å². The molecule has 4 atom stereocenters. The van der Waals surface area contributed by atoms with Crippen LogP contribution in [0, 0.1) is 23.7 Å². The first-order chi connectivity index (χ1) is 44.7. The molecule has 0 amide bonds. The number of rotatable bonds is 70. The normalized spacial score (nSPS) is 14.2. The zero-order valence-corrected chi connectivity index (χ0v) is 67.1. The fraction of sp³-hybridized carbons (Fsp3) is 1.00. The minimum atomic E-state index is -3.89. The third kappa shape index (κ3) is 77.5. The van der Waals surface area contributed by atoms with Gasteiger partial charge in [-0.25, -0.2) is 9.13 Å². The smallest absolute Gasteiger partial charge is 0.335 e. The van der Waals surface area contributed by atoms with Crippen molar-refractivity contribution in [2.45, 2.75) is 431 Å². The monoisotopic (exact) mass is 1350 g/mol. The quantitative estimate of drug-likeness (QED) is 0.0404. The van der Waals surface area contributed by atoms with Gasteiger partial charge in [0.2, 0.25) is 0 Å². The zero-order chi connectivity index (χ0) is 69.1. The molecule has 0 bridgehead atoms. The van der Waals surface area contributed by atoms with Gasteiger partial charge in [-0.3, -0.25) is 18.1 Å². The van der Waals surface area contributed by atoms with Crippen LogP contribution in [-0.4, -0.2) is 80.4 Å². The zero-order valence-electron chi connectivity index (χ0n) is 65.3. The Morgan fingerprint density at radius 3 is 0.620 bits per heavy atom. The molecule has 0 aromatic carbocycles. The maximum atomic E-state index is 11.9. The molecule has 92 heavy (non-hydrogen) atoms. The third-order valence-electron chi connectivity index (χ3n) is 19.2. The summed E-state index contributed by atoms with van der Waals surface area (Å²) in [5, 5.41) is 0. The van der Waals surface area contributed by atoms with E-state index in [1.807, 2.05) is 4.90 Å². The fourth-order valence-electron chi connectivity index (χ4n) is 12.0.